The number of nitrogens with zero attached hydrogens (tertiary/aromatic N) is 3. The zero-order chi connectivity index (χ0) is 33.3. The number of primary amides is 1. The molecule has 3 N–H and O–H groups in total. The molecular formula is C38H46ClN5O3. The summed E-state index contributed by atoms with van der Waals surface area (Å²) in [6.45, 7) is 3.24. The van der Waals surface area contributed by atoms with E-state index in [-0.39, 0.29) is 17.7 Å². The van der Waals surface area contributed by atoms with Crippen molar-refractivity contribution in [3.63, 3.8) is 0 Å². The highest BCUT2D eigenvalue weighted by Crippen LogP contribution is 2.35. The molecule has 3 heterocycles. The number of halogens is 1. The summed E-state index contributed by atoms with van der Waals surface area (Å²) in [4.78, 5) is 45.5. The highest BCUT2D eigenvalue weighted by Gasteiger charge is 2.30. The number of nitrogens with two attached hydrogens (primary N) is 1. The second-order valence-electron chi connectivity index (χ2n) is 13.0. The van der Waals surface area contributed by atoms with Gasteiger partial charge < -0.3 is 25.4 Å². The summed E-state index contributed by atoms with van der Waals surface area (Å²) in [6.07, 6.45) is 7.39. The van der Waals surface area contributed by atoms with E-state index < -0.39 is 0 Å². The van der Waals surface area contributed by atoms with Gasteiger partial charge >= 0.3 is 0 Å². The number of hydrogen-bond donors (Lipinski definition) is 2. The van der Waals surface area contributed by atoms with Crippen molar-refractivity contribution < 1.29 is 14.4 Å². The lowest BCUT2D eigenvalue weighted by Gasteiger charge is -2.36. The van der Waals surface area contributed by atoms with Gasteiger partial charge in [-0.2, -0.15) is 0 Å². The average molecular weight is 656 g/mol. The van der Waals surface area contributed by atoms with Crippen molar-refractivity contribution >= 4 is 45.9 Å². The maximum Gasteiger partial charge on any atom is 0.253 e. The predicted octanol–water partition coefficient (Wildman–Crippen LogP) is 6.33. The molecule has 0 aliphatic carbocycles. The number of piperidine rings is 1. The number of aryl methyl sites for hydroxylation is 1. The van der Waals surface area contributed by atoms with Gasteiger partial charge in [-0.15, -0.1) is 0 Å². The number of amides is 3. The standard InChI is InChI=1S/C23H26ClN3O.C15H20N2O2/c1-26(2)14-16-12-19-20(24)7-5-9-22(19)27(15-16)23(28)11-10-17-13-25-21-8-4-3-6-18(17)21;16-14(18)7-6-12-8-10-17(11-9-12)15(19)13-4-2-1-3-5-13/h3-9,13,16,25H,10-12,14-15H2,1-2H3;1-5,12H,6-11H2,(H2,16,18). The molecule has 3 amide bonds. The second-order valence-corrected chi connectivity index (χ2v) is 13.4. The maximum atomic E-state index is 13.2. The monoisotopic (exact) mass is 655 g/mol. The number of aromatic nitrogens is 1. The van der Waals surface area contributed by atoms with E-state index in [0.717, 1.165) is 85.6 Å². The average Bonchev–Trinajstić information content (AvgIpc) is 3.50. The molecular weight excluding hydrogens is 610 g/mol. The SMILES string of the molecule is CN(C)CC1Cc2c(Cl)cccc2N(C(=O)CCc2c[nH]c3ccccc23)C1.NC(=O)CCC1CCN(C(=O)c2ccccc2)CC1. The number of anilines is 1. The third-order valence-electron chi connectivity index (χ3n) is 9.25. The minimum atomic E-state index is -0.234. The van der Waals surface area contributed by atoms with Gasteiger partial charge in [-0.05, 0) is 99.5 Å². The van der Waals surface area contributed by atoms with Crippen LogP contribution in [0.5, 0.6) is 0 Å². The van der Waals surface area contributed by atoms with E-state index >= 15 is 0 Å². The van der Waals surface area contributed by atoms with E-state index in [1.165, 1.54) is 10.9 Å². The summed E-state index contributed by atoms with van der Waals surface area (Å²) in [5.74, 6) is 0.945. The summed E-state index contributed by atoms with van der Waals surface area (Å²) >= 11 is 6.48. The fourth-order valence-corrected chi connectivity index (χ4v) is 7.08. The predicted molar refractivity (Wildman–Crippen MR) is 190 cm³/mol. The smallest absolute Gasteiger partial charge is 0.253 e. The van der Waals surface area contributed by atoms with Gasteiger partial charge in [0.05, 0.1) is 0 Å². The molecule has 4 aromatic rings. The summed E-state index contributed by atoms with van der Waals surface area (Å²) in [6, 6.07) is 23.5. The Balaban J connectivity index is 0.000000199. The van der Waals surface area contributed by atoms with Crippen molar-refractivity contribution in [1.82, 2.24) is 14.8 Å². The molecule has 1 saturated heterocycles. The van der Waals surface area contributed by atoms with Crippen LogP contribution in [0.25, 0.3) is 10.9 Å². The summed E-state index contributed by atoms with van der Waals surface area (Å²) in [5, 5.41) is 1.96. The Kier molecular flexibility index (Phi) is 11.7. The van der Waals surface area contributed by atoms with Crippen LogP contribution in [0.3, 0.4) is 0 Å². The summed E-state index contributed by atoms with van der Waals surface area (Å²) in [5.41, 5.74) is 10.3. The number of hydrogen-bond acceptors (Lipinski definition) is 4. The van der Waals surface area contributed by atoms with Crippen LogP contribution in [0.4, 0.5) is 5.69 Å². The summed E-state index contributed by atoms with van der Waals surface area (Å²) < 4.78 is 0. The van der Waals surface area contributed by atoms with Crippen molar-refractivity contribution in [1.29, 1.82) is 0 Å². The van der Waals surface area contributed by atoms with Gasteiger partial charge in [0.15, 0.2) is 0 Å². The van der Waals surface area contributed by atoms with E-state index in [1.807, 2.05) is 76.7 Å². The molecule has 8 nitrogen and oxygen atoms in total. The number of H-pyrrole nitrogens is 1. The lowest BCUT2D eigenvalue weighted by molar-refractivity contribution is -0.119. The topological polar surface area (TPSA) is 103 Å². The number of rotatable bonds is 9. The molecule has 0 saturated carbocycles. The van der Waals surface area contributed by atoms with Gasteiger partial charge in [-0.3, -0.25) is 14.4 Å². The number of likely N-dealkylation sites (tertiary alicyclic amines) is 1. The Morgan fingerprint density at radius 1 is 0.915 bits per heavy atom. The molecule has 6 rings (SSSR count). The van der Waals surface area contributed by atoms with Crippen molar-refractivity contribution in [2.24, 2.45) is 17.6 Å². The molecule has 0 spiro atoms. The number of aromatic amines is 1. The lowest BCUT2D eigenvalue weighted by Crippen LogP contribution is -2.43. The van der Waals surface area contributed by atoms with Crippen molar-refractivity contribution in [3.05, 3.63) is 101 Å². The number of carbonyl (C=O) groups excluding carboxylic acids is 3. The first-order valence-electron chi connectivity index (χ1n) is 16.6. The molecule has 1 aromatic heterocycles. The van der Waals surface area contributed by atoms with Crippen molar-refractivity contribution in [2.75, 3.05) is 45.2 Å². The number of carbonyl (C=O) groups is 3. The molecule has 0 bridgehead atoms. The van der Waals surface area contributed by atoms with E-state index in [2.05, 4.69) is 36.1 Å². The normalized spacial score (nSPS) is 16.5. The second kappa shape index (κ2) is 16.1. The molecule has 2 aliphatic heterocycles. The number of benzene rings is 3. The molecule has 1 fully saturated rings. The lowest BCUT2D eigenvalue weighted by atomic mass is 9.91. The molecule has 1 unspecified atom stereocenters. The minimum absolute atomic E-state index is 0.106. The minimum Gasteiger partial charge on any atom is -0.370 e. The zero-order valence-electron chi connectivity index (χ0n) is 27.5. The van der Waals surface area contributed by atoms with Crippen LogP contribution in [-0.4, -0.2) is 72.8 Å². The van der Waals surface area contributed by atoms with Gasteiger partial charge in [0.25, 0.3) is 5.91 Å². The van der Waals surface area contributed by atoms with Gasteiger partial charge in [-0.1, -0.05) is 54.1 Å². The Bertz CT molecular complexity index is 1660. The van der Waals surface area contributed by atoms with Crippen LogP contribution in [0.1, 0.15) is 53.6 Å². The van der Waals surface area contributed by atoms with E-state index in [1.54, 1.807) is 0 Å². The third kappa shape index (κ3) is 9.02. The van der Waals surface area contributed by atoms with Gasteiger partial charge in [0.1, 0.15) is 0 Å². The van der Waals surface area contributed by atoms with E-state index in [0.29, 0.717) is 24.7 Å². The van der Waals surface area contributed by atoms with Crippen molar-refractivity contribution in [2.45, 2.75) is 44.9 Å². The Labute approximate surface area is 282 Å². The quantitative estimate of drug-likeness (QED) is 0.220. The first kappa shape index (κ1) is 34.2. The molecule has 2 aliphatic rings. The van der Waals surface area contributed by atoms with Crippen LogP contribution >= 0.6 is 11.6 Å². The highest BCUT2D eigenvalue weighted by atomic mass is 35.5. The van der Waals surface area contributed by atoms with E-state index in [9.17, 15) is 14.4 Å². The Morgan fingerprint density at radius 3 is 2.36 bits per heavy atom. The van der Waals surface area contributed by atoms with Crippen LogP contribution in [0, 0.1) is 11.8 Å². The highest BCUT2D eigenvalue weighted by molar-refractivity contribution is 6.32. The van der Waals surface area contributed by atoms with Gasteiger partial charge in [0, 0.05) is 72.4 Å². The molecule has 248 valence electrons. The largest absolute Gasteiger partial charge is 0.370 e. The molecule has 9 heteroatoms. The molecule has 3 aromatic carbocycles. The van der Waals surface area contributed by atoms with Crippen molar-refractivity contribution in [3.8, 4) is 0 Å². The van der Waals surface area contributed by atoms with Crippen LogP contribution in [0.2, 0.25) is 5.02 Å². The molecule has 1 atom stereocenters. The van der Waals surface area contributed by atoms with E-state index in [4.69, 9.17) is 17.3 Å². The van der Waals surface area contributed by atoms with Crippen LogP contribution < -0.4 is 10.6 Å². The van der Waals surface area contributed by atoms with Gasteiger partial charge in [0.2, 0.25) is 11.8 Å². The fraction of sp³-hybridized carbons (Fsp3) is 0.395. The first-order chi connectivity index (χ1) is 22.7. The number of para-hydroxylation sites is 1. The molecule has 0 radical (unpaired) electrons. The van der Waals surface area contributed by atoms with Crippen LogP contribution in [-0.2, 0) is 22.4 Å². The number of fused-ring (bicyclic) bond motifs is 2. The maximum absolute atomic E-state index is 13.2. The Hall–Kier alpha value is -4.14. The fourth-order valence-electron chi connectivity index (χ4n) is 6.84. The third-order valence-corrected chi connectivity index (χ3v) is 9.60. The van der Waals surface area contributed by atoms with Gasteiger partial charge in [-0.25, -0.2) is 0 Å². The molecule has 47 heavy (non-hydrogen) atoms. The van der Waals surface area contributed by atoms with Crippen LogP contribution in [0.15, 0.2) is 79.0 Å². The number of nitrogens with one attached hydrogen (secondary N) is 1. The first-order valence-corrected chi connectivity index (χ1v) is 17.0. The zero-order valence-corrected chi connectivity index (χ0v) is 28.2. The Morgan fingerprint density at radius 2 is 1.64 bits per heavy atom. The summed E-state index contributed by atoms with van der Waals surface area (Å²) in [7, 11) is 4.15.